The molecule has 1 saturated heterocycles. The number of amides is 2. The number of likely N-dealkylation sites (tertiary alicyclic amines) is 1. The van der Waals surface area contributed by atoms with Crippen molar-refractivity contribution in [3.63, 3.8) is 0 Å². The molecule has 282 valence electrons. The molecule has 0 spiro atoms. The average Bonchev–Trinajstić information content (AvgIpc) is 3.34. The van der Waals surface area contributed by atoms with Crippen molar-refractivity contribution >= 4 is 29.5 Å². The molecule has 0 saturated carbocycles. The summed E-state index contributed by atoms with van der Waals surface area (Å²) < 4.78 is 50.8. The highest BCUT2D eigenvalue weighted by molar-refractivity contribution is 8.00. The highest BCUT2D eigenvalue weighted by atomic mass is 32.2. The van der Waals surface area contributed by atoms with Crippen molar-refractivity contribution in [1.82, 2.24) is 4.90 Å². The summed E-state index contributed by atoms with van der Waals surface area (Å²) in [7, 11) is 0. The topological polar surface area (TPSA) is 199 Å². The van der Waals surface area contributed by atoms with Gasteiger partial charge in [-0.2, -0.15) is 0 Å². The van der Waals surface area contributed by atoms with Gasteiger partial charge in [0, 0.05) is 23.9 Å². The van der Waals surface area contributed by atoms with Crippen molar-refractivity contribution in [2.24, 2.45) is 10.8 Å². The first-order chi connectivity index (χ1) is 23.9. The van der Waals surface area contributed by atoms with Crippen molar-refractivity contribution in [2.75, 3.05) is 138 Å². The molecule has 17 nitrogen and oxygen atoms in total. The van der Waals surface area contributed by atoms with Crippen LogP contribution in [0.3, 0.4) is 0 Å². The number of hydrogen-bond donors (Lipinski definition) is 2. The second-order valence-corrected chi connectivity index (χ2v) is 11.9. The lowest BCUT2D eigenvalue weighted by Gasteiger charge is -2.16. The second kappa shape index (κ2) is 28.6. The number of ether oxygens (including phenoxy) is 9. The molecule has 2 rings (SSSR count). The molecule has 2 atom stereocenters. The van der Waals surface area contributed by atoms with E-state index in [1.807, 2.05) is 0 Å². The smallest absolute Gasteiger partial charge is 0.321 e. The van der Waals surface area contributed by atoms with Crippen molar-refractivity contribution in [2.45, 2.75) is 31.1 Å². The zero-order valence-electron chi connectivity index (χ0n) is 28.7. The minimum Gasteiger partial charge on any atom is -0.480 e. The summed E-state index contributed by atoms with van der Waals surface area (Å²) in [6.45, 7) is 11.9. The first-order valence-corrected chi connectivity index (χ1v) is 17.8. The van der Waals surface area contributed by atoms with E-state index in [0.29, 0.717) is 125 Å². The van der Waals surface area contributed by atoms with Crippen LogP contribution in [0.15, 0.2) is 17.0 Å². The van der Waals surface area contributed by atoms with Crippen LogP contribution in [-0.4, -0.2) is 182 Å². The molecule has 18 heteroatoms. The van der Waals surface area contributed by atoms with Gasteiger partial charge >= 0.3 is 5.97 Å². The summed E-state index contributed by atoms with van der Waals surface area (Å²) >= 11 is 1.09. The van der Waals surface area contributed by atoms with Gasteiger partial charge in [0.1, 0.15) is 12.6 Å². The Bertz CT molecular complexity index is 991. The first-order valence-electron chi connectivity index (χ1n) is 16.7. The number of imide groups is 1. The number of carbonyl (C=O) groups is 3. The van der Waals surface area contributed by atoms with E-state index in [1.54, 1.807) is 10.9 Å². The largest absolute Gasteiger partial charge is 0.480 e. The molecule has 2 unspecified atom stereocenters. The quantitative estimate of drug-likeness (QED) is 0.0508. The van der Waals surface area contributed by atoms with Crippen LogP contribution in [0, 0.1) is 0 Å². The number of nitrogens with zero attached hydrogens (tertiary/aromatic N) is 3. The summed E-state index contributed by atoms with van der Waals surface area (Å²) in [5.41, 5.74) is 6.09. The van der Waals surface area contributed by atoms with Crippen LogP contribution in [0.4, 0.5) is 0 Å². The molecule has 2 heterocycles. The second-order valence-electron chi connectivity index (χ2n) is 10.7. The fraction of sp³-hybridized carbons (Fsp3) is 0.839. The van der Waals surface area contributed by atoms with Gasteiger partial charge in [-0.3, -0.25) is 19.3 Å². The Balaban J connectivity index is 1.26. The van der Waals surface area contributed by atoms with Crippen LogP contribution in [0.1, 0.15) is 19.8 Å². The lowest BCUT2D eigenvalue weighted by molar-refractivity contribution is -0.549. The first kappa shape index (κ1) is 43.1. The molecule has 0 bridgehead atoms. The van der Waals surface area contributed by atoms with Gasteiger partial charge in [-0.15, -0.1) is 11.8 Å². The van der Waals surface area contributed by atoms with E-state index in [4.69, 9.17) is 53.5 Å². The van der Waals surface area contributed by atoms with Crippen molar-refractivity contribution in [3.05, 3.63) is 11.9 Å². The van der Waals surface area contributed by atoms with E-state index in [-0.39, 0.29) is 30.5 Å². The van der Waals surface area contributed by atoms with E-state index >= 15 is 0 Å². The summed E-state index contributed by atoms with van der Waals surface area (Å²) in [5.74, 6) is -1.73. The Morgan fingerprint density at radius 1 is 0.796 bits per heavy atom. The van der Waals surface area contributed by atoms with Gasteiger partial charge in [-0.1, -0.05) is 11.6 Å². The minimum absolute atomic E-state index is 0.0309. The normalized spacial score (nSPS) is 16.6. The summed E-state index contributed by atoms with van der Waals surface area (Å²) in [4.78, 5) is 36.8. The Morgan fingerprint density at radius 3 is 1.57 bits per heavy atom. The molecule has 49 heavy (non-hydrogen) atoms. The van der Waals surface area contributed by atoms with Crippen LogP contribution >= 0.6 is 11.8 Å². The number of carboxylic acid groups (broad SMARTS) is 1. The third kappa shape index (κ3) is 21.0. The van der Waals surface area contributed by atoms with Gasteiger partial charge in [0.25, 0.3) is 0 Å². The zero-order chi connectivity index (χ0) is 35.4. The van der Waals surface area contributed by atoms with Crippen LogP contribution < -0.4 is 5.73 Å². The van der Waals surface area contributed by atoms with Crippen LogP contribution in [0.25, 0.3) is 0 Å². The number of carbonyl (C=O) groups excluding carboxylic acids is 2. The third-order valence-corrected chi connectivity index (χ3v) is 7.98. The number of aliphatic carboxylic acids is 1. The fourth-order valence-electron chi connectivity index (χ4n) is 4.09. The standard InChI is InChI=1S/C31H54N4O13S/c1-2-4-40-6-8-42-10-12-44-14-16-46-18-20-48-21-19-47-17-15-45-13-11-43-9-7-41-5-3-34-23-26(33-34)24-35-29(36)22-28(30(35)37)49-25-27(32)31(38)39/h23,27-28H,2-22,24-25,32H2,1H3/p+1. The number of nitrogens with two attached hydrogens (primary N) is 1. The number of thioether (sulfide) groups is 1. The Labute approximate surface area is 292 Å². The van der Waals surface area contributed by atoms with Crippen LogP contribution in [0.2, 0.25) is 0 Å². The predicted octanol–water partition coefficient (Wildman–Crippen LogP) is 0.138. The SMILES string of the molecule is CCCOCCOCCOCCOCCOCCOCCOCCOCCOCC[N+]1=NC(CN2C(=O)CC(SCC(N)C(=O)O)C2=O)=C1. The highest BCUT2D eigenvalue weighted by Gasteiger charge is 2.41. The Kier molecular flexibility index (Phi) is 25.1. The maximum Gasteiger partial charge on any atom is 0.321 e. The van der Waals surface area contributed by atoms with Crippen LogP contribution in [-0.2, 0) is 57.0 Å². The van der Waals surface area contributed by atoms with E-state index in [0.717, 1.165) is 29.7 Å². The monoisotopic (exact) mass is 723 g/mol. The van der Waals surface area contributed by atoms with Crippen molar-refractivity contribution in [1.29, 1.82) is 0 Å². The number of hydrogen-bond acceptors (Lipinski definition) is 15. The zero-order valence-corrected chi connectivity index (χ0v) is 29.5. The molecule has 0 aromatic rings. The van der Waals surface area contributed by atoms with Crippen molar-refractivity contribution in [3.8, 4) is 0 Å². The Morgan fingerprint density at radius 2 is 1.18 bits per heavy atom. The Hall–Kier alpha value is -2.10. The van der Waals surface area contributed by atoms with E-state index in [1.165, 1.54) is 0 Å². The van der Waals surface area contributed by atoms with Gasteiger partial charge in [0.05, 0.1) is 118 Å². The van der Waals surface area contributed by atoms with Crippen LogP contribution in [0.5, 0.6) is 0 Å². The van der Waals surface area contributed by atoms with Gasteiger partial charge < -0.3 is 53.5 Å². The molecule has 2 aliphatic heterocycles. The molecule has 1 fully saturated rings. The highest BCUT2D eigenvalue weighted by Crippen LogP contribution is 2.27. The molecular weight excluding hydrogens is 668 g/mol. The molecule has 0 aromatic carbocycles. The third-order valence-electron chi connectivity index (χ3n) is 6.66. The molecule has 0 radical (unpaired) electrons. The van der Waals surface area contributed by atoms with Gasteiger partial charge in [-0.25, -0.2) is 0 Å². The van der Waals surface area contributed by atoms with Gasteiger partial charge in [0.15, 0.2) is 12.2 Å². The molecule has 2 aliphatic rings. The molecule has 2 amide bonds. The summed E-state index contributed by atoms with van der Waals surface area (Å²) in [6, 6.07) is -1.08. The molecule has 3 N–H and O–H groups in total. The molecular formula is C31H55N4O13S+. The van der Waals surface area contributed by atoms with Gasteiger partial charge in [0.2, 0.25) is 18.0 Å². The number of azo groups is 2. The summed E-state index contributed by atoms with van der Waals surface area (Å²) in [5, 5.41) is 12.6. The predicted molar refractivity (Wildman–Crippen MR) is 176 cm³/mol. The average molecular weight is 724 g/mol. The van der Waals surface area contributed by atoms with Crippen molar-refractivity contribution < 1.29 is 66.8 Å². The molecule has 0 aromatic heterocycles. The number of carboxylic acids is 1. The van der Waals surface area contributed by atoms with E-state index in [9.17, 15) is 14.4 Å². The lowest BCUT2D eigenvalue weighted by atomic mass is 10.3. The molecule has 0 aliphatic carbocycles. The summed E-state index contributed by atoms with van der Waals surface area (Å²) in [6.07, 6.45) is 2.80. The van der Waals surface area contributed by atoms with Gasteiger partial charge in [-0.05, 0) is 6.42 Å². The minimum atomic E-state index is -1.14. The van der Waals surface area contributed by atoms with E-state index in [2.05, 4.69) is 12.0 Å². The fourth-order valence-corrected chi connectivity index (χ4v) is 5.20. The maximum absolute atomic E-state index is 12.5. The maximum atomic E-state index is 12.5. The lowest BCUT2D eigenvalue weighted by Crippen LogP contribution is -2.36. The number of rotatable bonds is 35. The van der Waals surface area contributed by atoms with E-state index < -0.39 is 17.3 Å².